The van der Waals surface area contributed by atoms with E-state index in [1.54, 1.807) is 30.2 Å². The van der Waals surface area contributed by atoms with Gasteiger partial charge in [0.15, 0.2) is 0 Å². The van der Waals surface area contributed by atoms with Crippen LogP contribution in [-0.2, 0) is 26.0 Å². The number of ether oxygens (including phenoxy) is 1. The van der Waals surface area contributed by atoms with E-state index in [2.05, 4.69) is 11.0 Å². The Balaban J connectivity index is 1.17. The van der Waals surface area contributed by atoms with E-state index < -0.39 is 10.0 Å². The second kappa shape index (κ2) is 10.6. The zero-order valence-corrected chi connectivity index (χ0v) is 23.1. The van der Waals surface area contributed by atoms with Gasteiger partial charge in [-0.05, 0) is 62.1 Å². The van der Waals surface area contributed by atoms with Crippen molar-refractivity contribution in [3.8, 4) is 5.75 Å². The van der Waals surface area contributed by atoms with Crippen LogP contribution in [0.3, 0.4) is 0 Å². The van der Waals surface area contributed by atoms with Gasteiger partial charge < -0.3 is 19.4 Å². The van der Waals surface area contributed by atoms with Crippen molar-refractivity contribution in [3.05, 3.63) is 48.0 Å². The molecule has 0 unspecified atom stereocenters. The van der Waals surface area contributed by atoms with Gasteiger partial charge in [-0.25, -0.2) is 8.42 Å². The normalized spacial score (nSPS) is 20.9. The topological polar surface area (TPSA) is 90.5 Å². The summed E-state index contributed by atoms with van der Waals surface area (Å²) in [5.74, 6) is 0.744. The number of methoxy groups -OCH3 is 1. The third-order valence-electron chi connectivity index (χ3n) is 8.06. The van der Waals surface area contributed by atoms with Crippen LogP contribution in [0.5, 0.6) is 5.75 Å². The standard InChI is InChI=1S/C28H36N4O5S/c1-20-17-23-18-26(7-8-27(23)32(20)21(2)33)38(35,36)31-11-9-22(10-12-31)28(34)30-15-13-29(14-16-30)24-5-4-6-25(19-24)37-3/h4-8,18-20,22H,9-17H2,1-3H3/t20-/m0/s1. The summed E-state index contributed by atoms with van der Waals surface area (Å²) in [6.07, 6.45) is 1.68. The van der Waals surface area contributed by atoms with Gasteiger partial charge in [0.25, 0.3) is 0 Å². The van der Waals surface area contributed by atoms with Crippen LogP contribution in [0.2, 0.25) is 0 Å². The van der Waals surface area contributed by atoms with Crippen molar-refractivity contribution in [2.75, 3.05) is 56.2 Å². The average Bonchev–Trinajstić information content (AvgIpc) is 3.28. The Kier molecular flexibility index (Phi) is 7.37. The minimum Gasteiger partial charge on any atom is -0.497 e. The molecule has 0 spiro atoms. The molecule has 0 aromatic heterocycles. The fraction of sp³-hybridized carbons (Fsp3) is 0.500. The van der Waals surface area contributed by atoms with Crippen molar-refractivity contribution < 1.29 is 22.7 Å². The highest BCUT2D eigenvalue weighted by Crippen LogP contribution is 2.35. The molecule has 0 bridgehead atoms. The van der Waals surface area contributed by atoms with Crippen LogP contribution < -0.4 is 14.5 Å². The van der Waals surface area contributed by atoms with Crippen molar-refractivity contribution in [1.82, 2.24) is 9.21 Å². The van der Waals surface area contributed by atoms with E-state index in [0.717, 1.165) is 35.8 Å². The summed E-state index contributed by atoms with van der Waals surface area (Å²) in [5, 5.41) is 0. The Morgan fingerprint density at radius 1 is 0.947 bits per heavy atom. The van der Waals surface area contributed by atoms with Gasteiger partial charge >= 0.3 is 0 Å². The number of amides is 2. The highest BCUT2D eigenvalue weighted by molar-refractivity contribution is 7.89. The lowest BCUT2D eigenvalue weighted by molar-refractivity contribution is -0.137. The Morgan fingerprint density at radius 3 is 2.32 bits per heavy atom. The summed E-state index contributed by atoms with van der Waals surface area (Å²) in [5.41, 5.74) is 2.76. The van der Waals surface area contributed by atoms with Gasteiger partial charge in [-0.15, -0.1) is 0 Å². The first-order chi connectivity index (χ1) is 18.2. The van der Waals surface area contributed by atoms with Crippen molar-refractivity contribution in [3.63, 3.8) is 0 Å². The number of rotatable bonds is 5. The first kappa shape index (κ1) is 26.5. The molecule has 2 saturated heterocycles. The second-order valence-corrected chi connectivity index (χ2v) is 12.4. The molecule has 3 aliphatic rings. The van der Waals surface area contributed by atoms with Crippen LogP contribution >= 0.6 is 0 Å². The van der Waals surface area contributed by atoms with E-state index in [1.807, 2.05) is 30.0 Å². The summed E-state index contributed by atoms with van der Waals surface area (Å²) in [6, 6.07) is 13.0. The largest absolute Gasteiger partial charge is 0.497 e. The van der Waals surface area contributed by atoms with Crippen LogP contribution in [0.1, 0.15) is 32.3 Å². The van der Waals surface area contributed by atoms with Crippen LogP contribution in [0.25, 0.3) is 0 Å². The van der Waals surface area contributed by atoms with Crippen molar-refractivity contribution in [2.45, 2.75) is 44.0 Å². The van der Waals surface area contributed by atoms with Crippen LogP contribution in [0, 0.1) is 5.92 Å². The molecule has 2 aromatic rings. The highest BCUT2D eigenvalue weighted by Gasteiger charge is 2.36. The number of piperidine rings is 1. The van der Waals surface area contributed by atoms with Gasteiger partial charge in [0.2, 0.25) is 21.8 Å². The van der Waals surface area contributed by atoms with Crippen LogP contribution in [0.15, 0.2) is 47.4 Å². The van der Waals surface area contributed by atoms with Gasteiger partial charge in [0.05, 0.1) is 12.0 Å². The second-order valence-electron chi connectivity index (χ2n) is 10.4. The van der Waals surface area contributed by atoms with Gasteiger partial charge in [-0.3, -0.25) is 9.59 Å². The predicted molar refractivity (Wildman–Crippen MR) is 146 cm³/mol. The fourth-order valence-corrected chi connectivity index (χ4v) is 7.51. The summed E-state index contributed by atoms with van der Waals surface area (Å²) >= 11 is 0. The summed E-state index contributed by atoms with van der Waals surface area (Å²) < 4.78 is 33.7. The molecule has 9 nitrogen and oxygen atoms in total. The molecule has 3 aliphatic heterocycles. The SMILES string of the molecule is COc1cccc(N2CCN(C(=O)C3CCN(S(=O)(=O)c4ccc5c(c4)C[C@H](C)N5C(C)=O)CC3)CC2)c1. The van der Waals surface area contributed by atoms with Crippen molar-refractivity contribution in [2.24, 2.45) is 5.92 Å². The number of hydrogen-bond acceptors (Lipinski definition) is 6. The number of nitrogens with zero attached hydrogens (tertiary/aromatic N) is 4. The Hall–Kier alpha value is -3.11. The number of fused-ring (bicyclic) bond motifs is 1. The van der Waals surface area contributed by atoms with Gasteiger partial charge in [-0.1, -0.05) is 6.07 Å². The average molecular weight is 541 g/mol. The van der Waals surface area contributed by atoms with Gasteiger partial charge in [0, 0.05) is 75.6 Å². The quantitative estimate of drug-likeness (QED) is 0.580. The molecule has 0 saturated carbocycles. The Morgan fingerprint density at radius 2 is 1.66 bits per heavy atom. The number of hydrogen-bond donors (Lipinski definition) is 0. The molecule has 5 rings (SSSR count). The van der Waals surface area contributed by atoms with E-state index in [9.17, 15) is 18.0 Å². The number of sulfonamides is 1. The monoisotopic (exact) mass is 540 g/mol. The molecule has 204 valence electrons. The molecular formula is C28H36N4O5S. The van der Waals surface area contributed by atoms with Gasteiger partial charge in [0.1, 0.15) is 5.75 Å². The summed E-state index contributed by atoms with van der Waals surface area (Å²) in [7, 11) is -2.01. The molecule has 0 aliphatic carbocycles. The Bertz CT molecular complexity index is 1310. The molecule has 0 N–H and O–H groups in total. The number of benzene rings is 2. The minimum absolute atomic E-state index is 0.0135. The number of carbonyl (C=O) groups excluding carboxylic acids is 2. The molecule has 10 heteroatoms. The van der Waals surface area contributed by atoms with E-state index in [1.165, 1.54) is 11.2 Å². The Labute approximate surface area is 225 Å². The highest BCUT2D eigenvalue weighted by atomic mass is 32.2. The molecular weight excluding hydrogens is 504 g/mol. The van der Waals surface area contributed by atoms with Crippen LogP contribution in [-0.4, -0.2) is 81.9 Å². The molecule has 3 heterocycles. The summed E-state index contributed by atoms with van der Waals surface area (Å²) in [4.78, 5) is 31.4. The molecule has 1 atom stereocenters. The lowest BCUT2D eigenvalue weighted by Crippen LogP contribution is -2.52. The first-order valence-corrected chi connectivity index (χ1v) is 14.7. The molecule has 2 amide bonds. The maximum atomic E-state index is 13.4. The molecule has 0 radical (unpaired) electrons. The lowest BCUT2D eigenvalue weighted by atomic mass is 9.96. The molecule has 38 heavy (non-hydrogen) atoms. The first-order valence-electron chi connectivity index (χ1n) is 13.3. The van der Waals surface area contributed by atoms with E-state index in [4.69, 9.17) is 4.74 Å². The lowest BCUT2D eigenvalue weighted by Gasteiger charge is -2.39. The fourth-order valence-electron chi connectivity index (χ4n) is 5.99. The van der Waals surface area contributed by atoms with E-state index in [0.29, 0.717) is 45.4 Å². The summed E-state index contributed by atoms with van der Waals surface area (Å²) in [6.45, 7) is 6.97. The number of piperazine rings is 1. The minimum atomic E-state index is -3.67. The van der Waals surface area contributed by atoms with Crippen LogP contribution in [0.4, 0.5) is 11.4 Å². The molecule has 2 fully saturated rings. The smallest absolute Gasteiger partial charge is 0.243 e. The van der Waals surface area contributed by atoms with Crippen molar-refractivity contribution >= 4 is 33.2 Å². The molecule has 2 aromatic carbocycles. The maximum absolute atomic E-state index is 13.4. The zero-order chi connectivity index (χ0) is 27.0. The van der Waals surface area contributed by atoms with Crippen molar-refractivity contribution in [1.29, 1.82) is 0 Å². The number of carbonyl (C=O) groups is 2. The van der Waals surface area contributed by atoms with E-state index in [-0.39, 0.29) is 28.7 Å². The third-order valence-corrected chi connectivity index (χ3v) is 9.95. The maximum Gasteiger partial charge on any atom is 0.243 e. The number of anilines is 2. The third kappa shape index (κ3) is 4.99. The van der Waals surface area contributed by atoms with Gasteiger partial charge in [-0.2, -0.15) is 4.31 Å². The van der Waals surface area contributed by atoms with E-state index >= 15 is 0 Å². The zero-order valence-electron chi connectivity index (χ0n) is 22.3. The predicted octanol–water partition coefficient (Wildman–Crippen LogP) is 2.74.